The summed E-state index contributed by atoms with van der Waals surface area (Å²) in [7, 11) is 0. The van der Waals surface area contributed by atoms with Crippen molar-refractivity contribution in [2.24, 2.45) is 0 Å². The van der Waals surface area contributed by atoms with Crippen molar-refractivity contribution in [3.05, 3.63) is 55.8 Å². The van der Waals surface area contributed by atoms with Crippen molar-refractivity contribution in [1.82, 2.24) is 9.55 Å². The first-order valence-electron chi connectivity index (χ1n) is 9.24. The van der Waals surface area contributed by atoms with Crippen LogP contribution in [0.3, 0.4) is 0 Å². The van der Waals surface area contributed by atoms with Gasteiger partial charge in [-0.3, -0.25) is 14.2 Å². The monoisotopic (exact) mass is 479 g/mol. The van der Waals surface area contributed by atoms with Crippen LogP contribution < -0.4 is 5.56 Å². The van der Waals surface area contributed by atoms with Crippen LogP contribution in [0.1, 0.15) is 55.0 Å². The zero-order valence-electron chi connectivity index (χ0n) is 15.5. The van der Waals surface area contributed by atoms with Crippen molar-refractivity contribution < 1.29 is 14.3 Å². The van der Waals surface area contributed by atoms with Crippen molar-refractivity contribution in [2.75, 3.05) is 0 Å². The van der Waals surface area contributed by atoms with Gasteiger partial charge in [0.1, 0.15) is 34.8 Å². The Kier molecular flexibility index (Phi) is 7.09. The van der Waals surface area contributed by atoms with Crippen LogP contribution in [0.4, 0.5) is 4.39 Å². The number of nitriles is 1. The van der Waals surface area contributed by atoms with Gasteiger partial charge in [0.15, 0.2) is 0 Å². The van der Waals surface area contributed by atoms with Crippen LogP contribution in [0.5, 0.6) is 0 Å². The molecule has 1 aromatic carbocycles. The second-order valence-electron chi connectivity index (χ2n) is 6.91. The van der Waals surface area contributed by atoms with E-state index in [1.807, 2.05) is 6.07 Å². The minimum absolute atomic E-state index is 0.0210. The first kappa shape index (κ1) is 21.5. The van der Waals surface area contributed by atoms with Crippen molar-refractivity contribution in [3.63, 3.8) is 0 Å². The maximum atomic E-state index is 14.1. The molecule has 1 aliphatic carbocycles. The zero-order valence-corrected chi connectivity index (χ0v) is 17.9. The van der Waals surface area contributed by atoms with Crippen molar-refractivity contribution in [1.29, 1.82) is 5.26 Å². The fraction of sp³-hybridized carbons (Fsp3) is 0.400. The highest BCUT2D eigenvalue weighted by Gasteiger charge is 2.25. The molecule has 1 saturated carbocycles. The smallest absolute Gasteiger partial charge is 0.323 e. The number of halogens is 2. The van der Waals surface area contributed by atoms with Gasteiger partial charge in [0.2, 0.25) is 0 Å². The number of carboxylic acids is 1. The summed E-state index contributed by atoms with van der Waals surface area (Å²) >= 11 is 4.33. The van der Waals surface area contributed by atoms with E-state index in [0.717, 1.165) is 48.4 Å². The van der Waals surface area contributed by atoms with Gasteiger partial charge >= 0.3 is 5.97 Å². The van der Waals surface area contributed by atoms with Crippen LogP contribution >= 0.6 is 27.7 Å². The third-order valence-electron chi connectivity index (χ3n) is 4.92. The molecule has 0 amide bonds. The van der Waals surface area contributed by atoms with Gasteiger partial charge in [-0.15, -0.1) is 0 Å². The molecular weight excluding hydrogens is 461 g/mol. The lowest BCUT2D eigenvalue weighted by Gasteiger charge is -2.24. The maximum absolute atomic E-state index is 14.1. The van der Waals surface area contributed by atoms with Crippen LogP contribution in [0.15, 0.2) is 32.5 Å². The summed E-state index contributed by atoms with van der Waals surface area (Å²) in [6.45, 7) is -0.529. The summed E-state index contributed by atoms with van der Waals surface area (Å²) in [6, 6.07) is 6.56. The molecule has 152 valence electrons. The number of hydrogen-bond donors (Lipinski definition) is 1. The SMILES string of the molecule is N#Cc1c(SCc2ccc(Br)cc2F)nc(C2CCCCC2)n(CC(=O)O)c1=O. The molecular formula is C20H19BrFN3O3S. The van der Waals surface area contributed by atoms with E-state index in [0.29, 0.717) is 15.9 Å². The first-order valence-corrected chi connectivity index (χ1v) is 11.0. The molecule has 9 heteroatoms. The molecule has 0 atom stereocenters. The number of benzene rings is 1. The lowest BCUT2D eigenvalue weighted by atomic mass is 9.88. The predicted molar refractivity (Wildman–Crippen MR) is 110 cm³/mol. The second-order valence-corrected chi connectivity index (χ2v) is 8.79. The fourth-order valence-electron chi connectivity index (χ4n) is 3.50. The Morgan fingerprint density at radius 2 is 2.10 bits per heavy atom. The van der Waals surface area contributed by atoms with Gasteiger partial charge in [-0.25, -0.2) is 9.37 Å². The molecule has 0 radical (unpaired) electrons. The van der Waals surface area contributed by atoms with Crippen molar-refractivity contribution in [3.8, 4) is 6.07 Å². The number of nitrogens with zero attached hydrogens (tertiary/aromatic N) is 3. The van der Waals surface area contributed by atoms with Crippen LogP contribution in [-0.4, -0.2) is 20.6 Å². The van der Waals surface area contributed by atoms with Gasteiger partial charge in [0.05, 0.1) is 0 Å². The summed E-state index contributed by atoms with van der Waals surface area (Å²) in [5.74, 6) is -0.959. The molecule has 0 aliphatic heterocycles. The number of aliphatic carboxylic acids is 1. The van der Waals surface area contributed by atoms with E-state index in [1.165, 1.54) is 6.07 Å². The minimum Gasteiger partial charge on any atom is -0.480 e. The Morgan fingerprint density at radius 3 is 2.72 bits per heavy atom. The number of hydrogen-bond acceptors (Lipinski definition) is 5. The fourth-order valence-corrected chi connectivity index (χ4v) is 4.79. The second kappa shape index (κ2) is 9.55. The quantitative estimate of drug-likeness (QED) is 0.485. The number of carbonyl (C=O) groups is 1. The van der Waals surface area contributed by atoms with Gasteiger partial charge < -0.3 is 5.11 Å². The van der Waals surface area contributed by atoms with Crippen LogP contribution in [0, 0.1) is 17.1 Å². The molecule has 2 aromatic rings. The highest BCUT2D eigenvalue weighted by atomic mass is 79.9. The number of carboxylic acid groups (broad SMARTS) is 1. The molecule has 1 heterocycles. The summed E-state index contributed by atoms with van der Waals surface area (Å²) < 4.78 is 15.9. The molecule has 0 bridgehead atoms. The lowest BCUT2D eigenvalue weighted by molar-refractivity contribution is -0.137. The topological polar surface area (TPSA) is 96.0 Å². The number of rotatable bonds is 6. The Labute approximate surface area is 179 Å². The summed E-state index contributed by atoms with van der Waals surface area (Å²) in [5.41, 5.74) is -0.421. The van der Waals surface area contributed by atoms with Gasteiger partial charge in [0.25, 0.3) is 5.56 Å². The van der Waals surface area contributed by atoms with Gasteiger partial charge in [-0.1, -0.05) is 53.0 Å². The van der Waals surface area contributed by atoms with Crippen LogP contribution in [-0.2, 0) is 17.1 Å². The zero-order chi connectivity index (χ0) is 21.0. The molecule has 1 aliphatic rings. The summed E-state index contributed by atoms with van der Waals surface area (Å²) in [5, 5.41) is 19.0. The molecule has 29 heavy (non-hydrogen) atoms. The van der Waals surface area contributed by atoms with Crippen LogP contribution in [0.25, 0.3) is 0 Å². The largest absolute Gasteiger partial charge is 0.480 e. The van der Waals surface area contributed by atoms with Gasteiger partial charge in [-0.2, -0.15) is 5.26 Å². The average Bonchev–Trinajstić information content (AvgIpc) is 2.69. The van der Waals surface area contributed by atoms with E-state index in [9.17, 15) is 24.3 Å². The standard InChI is InChI=1S/C20H19BrFN3O3S/c21-14-7-6-13(16(22)8-14)11-29-19-15(9-23)20(28)25(10-17(26)27)18(24-19)12-4-2-1-3-5-12/h6-8,12H,1-5,10-11H2,(H,26,27). The molecule has 6 nitrogen and oxygen atoms in total. The van der Waals surface area contributed by atoms with Crippen LogP contribution in [0.2, 0.25) is 0 Å². The minimum atomic E-state index is -1.16. The predicted octanol–water partition coefficient (Wildman–Crippen LogP) is 4.44. The molecule has 0 spiro atoms. The summed E-state index contributed by atoms with van der Waals surface area (Å²) in [4.78, 5) is 28.7. The van der Waals surface area contributed by atoms with E-state index in [2.05, 4.69) is 20.9 Å². The molecule has 0 saturated heterocycles. The summed E-state index contributed by atoms with van der Waals surface area (Å²) in [6.07, 6.45) is 4.72. The van der Waals surface area contributed by atoms with E-state index >= 15 is 0 Å². The van der Waals surface area contributed by atoms with E-state index < -0.39 is 23.9 Å². The highest BCUT2D eigenvalue weighted by molar-refractivity contribution is 9.10. The van der Waals surface area contributed by atoms with E-state index in [1.54, 1.807) is 12.1 Å². The lowest BCUT2D eigenvalue weighted by Crippen LogP contribution is -2.32. The first-order chi connectivity index (χ1) is 13.9. The maximum Gasteiger partial charge on any atom is 0.323 e. The number of aromatic nitrogens is 2. The Balaban J connectivity index is 2.01. The van der Waals surface area contributed by atoms with Crippen molar-refractivity contribution in [2.45, 2.75) is 55.3 Å². The van der Waals surface area contributed by atoms with Gasteiger partial charge in [0, 0.05) is 16.1 Å². The molecule has 1 N–H and O–H groups in total. The highest BCUT2D eigenvalue weighted by Crippen LogP contribution is 2.33. The molecule has 1 aromatic heterocycles. The Hall–Kier alpha value is -2.18. The average molecular weight is 480 g/mol. The third kappa shape index (κ3) is 5.06. The van der Waals surface area contributed by atoms with Gasteiger partial charge in [-0.05, 0) is 30.5 Å². The molecule has 1 fully saturated rings. The van der Waals surface area contributed by atoms with Crippen molar-refractivity contribution >= 4 is 33.7 Å². The Bertz CT molecular complexity index is 1030. The van der Waals surface area contributed by atoms with E-state index in [4.69, 9.17) is 0 Å². The van der Waals surface area contributed by atoms with E-state index in [-0.39, 0.29) is 22.3 Å². The number of thioether (sulfide) groups is 1. The molecule has 0 unspecified atom stereocenters. The third-order valence-corrected chi connectivity index (χ3v) is 6.44. The Morgan fingerprint density at radius 1 is 1.38 bits per heavy atom. The normalized spacial score (nSPS) is 14.5. The molecule has 3 rings (SSSR count).